The van der Waals surface area contributed by atoms with E-state index in [9.17, 15) is 4.79 Å². The molecule has 0 spiro atoms. The van der Waals surface area contributed by atoms with E-state index in [0.29, 0.717) is 28.1 Å². The second-order valence-corrected chi connectivity index (χ2v) is 4.48. The highest BCUT2D eigenvalue weighted by molar-refractivity contribution is 9.10. The summed E-state index contributed by atoms with van der Waals surface area (Å²) in [7, 11) is 0. The van der Waals surface area contributed by atoms with Gasteiger partial charge in [0.2, 0.25) is 5.96 Å². The summed E-state index contributed by atoms with van der Waals surface area (Å²) in [5, 5.41) is 7.20. The molecule has 20 heavy (non-hydrogen) atoms. The summed E-state index contributed by atoms with van der Waals surface area (Å²) in [4.78, 5) is 11.1. The van der Waals surface area contributed by atoms with Crippen LogP contribution >= 0.6 is 15.9 Å². The number of nitrogens with zero attached hydrogens (tertiary/aromatic N) is 2. The fourth-order valence-corrected chi connectivity index (χ4v) is 1.87. The predicted molar refractivity (Wildman–Crippen MR) is 80.0 cm³/mol. The third kappa shape index (κ3) is 4.88. The highest BCUT2D eigenvalue weighted by Crippen LogP contribution is 2.36. The average molecular weight is 343 g/mol. The van der Waals surface area contributed by atoms with Crippen molar-refractivity contribution >= 4 is 34.1 Å². The number of rotatable bonds is 5. The number of hydrogen-bond donors (Lipinski definition) is 2. The van der Waals surface area contributed by atoms with Gasteiger partial charge in [0.25, 0.3) is 0 Å². The van der Waals surface area contributed by atoms with E-state index in [-0.39, 0.29) is 5.96 Å². The van der Waals surface area contributed by atoms with Crippen LogP contribution in [0, 0.1) is 0 Å². The van der Waals surface area contributed by atoms with Gasteiger partial charge in [0, 0.05) is 6.92 Å². The molecule has 0 fully saturated rings. The lowest BCUT2D eigenvalue weighted by atomic mass is 10.2. The molecule has 0 unspecified atom stereocenters. The van der Waals surface area contributed by atoms with Gasteiger partial charge in [-0.25, -0.2) is 0 Å². The van der Waals surface area contributed by atoms with Crippen LogP contribution in [-0.2, 0) is 4.79 Å². The van der Waals surface area contributed by atoms with Crippen LogP contribution in [0.1, 0.15) is 19.4 Å². The number of hydrogen-bond acceptors (Lipinski definition) is 5. The maximum absolute atomic E-state index is 11.1. The van der Waals surface area contributed by atoms with E-state index in [0.717, 1.165) is 0 Å². The molecule has 4 N–H and O–H groups in total. The Kier molecular flexibility index (Phi) is 5.98. The Morgan fingerprint density at radius 2 is 2.15 bits per heavy atom. The lowest BCUT2D eigenvalue weighted by Crippen LogP contribution is -2.21. The second-order valence-electron chi connectivity index (χ2n) is 3.63. The van der Waals surface area contributed by atoms with Crippen molar-refractivity contribution in [3.63, 3.8) is 0 Å². The molecule has 0 aliphatic heterocycles. The number of guanidine groups is 1. The second kappa shape index (κ2) is 7.49. The molecule has 1 aromatic rings. The van der Waals surface area contributed by atoms with Gasteiger partial charge in [-0.15, -0.1) is 5.10 Å². The monoisotopic (exact) mass is 342 g/mol. The first-order chi connectivity index (χ1) is 9.43. The molecule has 0 bridgehead atoms. The van der Waals surface area contributed by atoms with E-state index in [1.807, 2.05) is 6.92 Å². The zero-order chi connectivity index (χ0) is 15.1. The van der Waals surface area contributed by atoms with Crippen molar-refractivity contribution in [1.29, 1.82) is 0 Å². The molecular weight excluding hydrogens is 328 g/mol. The fourth-order valence-electron chi connectivity index (χ4n) is 1.33. The van der Waals surface area contributed by atoms with Gasteiger partial charge in [0.15, 0.2) is 11.5 Å². The summed E-state index contributed by atoms with van der Waals surface area (Å²) in [6.07, 6.45) is 1.45. The van der Waals surface area contributed by atoms with Crippen molar-refractivity contribution in [3.8, 4) is 11.5 Å². The number of halogens is 1. The molecule has 8 heteroatoms. The number of carbonyl (C=O) groups is 1. The highest BCUT2D eigenvalue weighted by Gasteiger charge is 2.13. The van der Waals surface area contributed by atoms with Crippen molar-refractivity contribution in [2.75, 3.05) is 6.61 Å². The van der Waals surface area contributed by atoms with Crippen LogP contribution in [0.25, 0.3) is 0 Å². The van der Waals surface area contributed by atoms with Crippen molar-refractivity contribution in [2.45, 2.75) is 13.8 Å². The number of esters is 1. The van der Waals surface area contributed by atoms with Gasteiger partial charge in [0.1, 0.15) is 0 Å². The van der Waals surface area contributed by atoms with Gasteiger partial charge in [-0.05, 0) is 40.5 Å². The van der Waals surface area contributed by atoms with Gasteiger partial charge >= 0.3 is 5.97 Å². The minimum atomic E-state index is -0.437. The smallest absolute Gasteiger partial charge is 0.308 e. The molecule has 0 saturated carbocycles. The SMILES string of the molecule is CCOc1cc(C=NN=C(N)N)cc(Br)c1OC(C)=O. The molecule has 1 rings (SSSR count). The van der Waals surface area contributed by atoms with E-state index in [1.165, 1.54) is 13.1 Å². The molecule has 108 valence electrons. The van der Waals surface area contributed by atoms with E-state index in [1.54, 1.807) is 12.1 Å². The summed E-state index contributed by atoms with van der Waals surface area (Å²) < 4.78 is 11.1. The van der Waals surface area contributed by atoms with Crippen molar-refractivity contribution < 1.29 is 14.3 Å². The molecule has 0 heterocycles. The molecule has 0 aromatic heterocycles. The summed E-state index contributed by atoms with van der Waals surface area (Å²) in [5.41, 5.74) is 11.0. The highest BCUT2D eigenvalue weighted by atomic mass is 79.9. The minimum absolute atomic E-state index is 0.137. The molecule has 0 atom stereocenters. The average Bonchev–Trinajstić information content (AvgIpc) is 2.33. The Bertz CT molecular complexity index is 554. The third-order valence-electron chi connectivity index (χ3n) is 1.96. The van der Waals surface area contributed by atoms with Crippen LogP contribution in [0.3, 0.4) is 0 Å². The number of carbonyl (C=O) groups excluding carboxylic acids is 1. The van der Waals surface area contributed by atoms with Crippen molar-refractivity contribution in [2.24, 2.45) is 21.7 Å². The Labute approximate surface area is 124 Å². The summed E-state index contributed by atoms with van der Waals surface area (Å²) in [6, 6.07) is 3.37. The normalized spacial score (nSPS) is 10.3. The quantitative estimate of drug-likeness (QED) is 0.276. The van der Waals surface area contributed by atoms with Gasteiger partial charge in [-0.3, -0.25) is 4.79 Å². The van der Waals surface area contributed by atoms with E-state index in [2.05, 4.69) is 26.1 Å². The van der Waals surface area contributed by atoms with Crippen LogP contribution < -0.4 is 20.9 Å². The number of nitrogens with two attached hydrogens (primary N) is 2. The Balaban J connectivity index is 3.15. The molecule has 0 aliphatic rings. The van der Waals surface area contributed by atoms with Crippen LogP contribution in [0.4, 0.5) is 0 Å². The summed E-state index contributed by atoms with van der Waals surface area (Å²) in [6.45, 7) is 3.57. The molecule has 1 aromatic carbocycles. The Morgan fingerprint density at radius 1 is 1.45 bits per heavy atom. The zero-order valence-electron chi connectivity index (χ0n) is 11.1. The van der Waals surface area contributed by atoms with E-state index < -0.39 is 5.97 Å². The number of benzene rings is 1. The lowest BCUT2D eigenvalue weighted by molar-refractivity contribution is -0.132. The predicted octanol–water partition coefficient (Wildman–Crippen LogP) is 1.38. The molecule has 7 nitrogen and oxygen atoms in total. The lowest BCUT2D eigenvalue weighted by Gasteiger charge is -2.12. The first kappa shape index (κ1) is 16.0. The van der Waals surface area contributed by atoms with Gasteiger partial charge in [-0.2, -0.15) is 5.10 Å². The van der Waals surface area contributed by atoms with Crippen LogP contribution in [-0.4, -0.2) is 24.8 Å². The molecule has 0 radical (unpaired) electrons. The van der Waals surface area contributed by atoms with E-state index >= 15 is 0 Å². The summed E-state index contributed by atoms with van der Waals surface area (Å²) in [5.74, 6) is 0.164. The first-order valence-corrected chi connectivity index (χ1v) is 6.50. The van der Waals surface area contributed by atoms with Gasteiger partial charge < -0.3 is 20.9 Å². The zero-order valence-corrected chi connectivity index (χ0v) is 12.7. The van der Waals surface area contributed by atoms with Gasteiger partial charge in [0.05, 0.1) is 17.3 Å². The molecule has 0 saturated heterocycles. The van der Waals surface area contributed by atoms with Crippen molar-refractivity contribution in [3.05, 3.63) is 22.2 Å². The maximum atomic E-state index is 11.1. The van der Waals surface area contributed by atoms with E-state index in [4.69, 9.17) is 20.9 Å². The minimum Gasteiger partial charge on any atom is -0.490 e. The molecule has 0 amide bonds. The number of ether oxygens (including phenoxy) is 2. The Morgan fingerprint density at radius 3 is 2.70 bits per heavy atom. The van der Waals surface area contributed by atoms with Crippen molar-refractivity contribution in [1.82, 2.24) is 0 Å². The van der Waals surface area contributed by atoms with Crippen LogP contribution in [0.2, 0.25) is 0 Å². The van der Waals surface area contributed by atoms with Crippen LogP contribution in [0.15, 0.2) is 26.8 Å². The third-order valence-corrected chi connectivity index (χ3v) is 2.55. The topological polar surface area (TPSA) is 112 Å². The standard InChI is InChI=1S/C12H15BrN4O3/c1-3-19-10-5-8(6-16-17-12(14)15)4-9(13)11(10)20-7(2)18/h4-6H,3H2,1-2H3,(H4,14,15,17). The summed E-state index contributed by atoms with van der Waals surface area (Å²) >= 11 is 3.31. The maximum Gasteiger partial charge on any atom is 0.308 e. The molecular formula is C12H15BrN4O3. The Hall–Kier alpha value is -2.09. The molecule has 0 aliphatic carbocycles. The van der Waals surface area contributed by atoms with Gasteiger partial charge in [-0.1, -0.05) is 0 Å². The first-order valence-electron chi connectivity index (χ1n) is 5.70. The van der Waals surface area contributed by atoms with Crippen LogP contribution in [0.5, 0.6) is 11.5 Å². The largest absolute Gasteiger partial charge is 0.490 e. The fraction of sp³-hybridized carbons (Fsp3) is 0.250.